The minimum Gasteiger partial charge on any atom is -0.505 e. The lowest BCUT2D eigenvalue weighted by molar-refractivity contribution is -0.141. The molecule has 0 saturated heterocycles. The zero-order valence-electron chi connectivity index (χ0n) is 8.74. The number of rotatable bonds is 3. The lowest BCUT2D eigenvalue weighted by Crippen LogP contribution is -2.17. The van der Waals surface area contributed by atoms with Gasteiger partial charge in [0.25, 0.3) is 0 Å². The number of esters is 1. The third kappa shape index (κ3) is 2.65. The first-order valence-electron chi connectivity index (χ1n) is 4.56. The molecule has 0 aliphatic heterocycles. The van der Waals surface area contributed by atoms with E-state index >= 15 is 0 Å². The summed E-state index contributed by atoms with van der Waals surface area (Å²) in [5, 5.41) is 9.75. The Hall–Kier alpha value is -1.27. The van der Waals surface area contributed by atoms with Gasteiger partial charge in [0.05, 0.1) is 19.2 Å². The van der Waals surface area contributed by atoms with Crippen molar-refractivity contribution in [3.63, 3.8) is 0 Å². The van der Waals surface area contributed by atoms with Crippen LogP contribution in [0.3, 0.4) is 0 Å². The van der Waals surface area contributed by atoms with E-state index in [1.54, 1.807) is 12.1 Å². The Kier molecular flexibility index (Phi) is 4.14. The van der Waals surface area contributed by atoms with Gasteiger partial charge in [-0.1, -0.05) is 15.9 Å². The quantitative estimate of drug-likeness (QED) is 0.442. The van der Waals surface area contributed by atoms with Crippen molar-refractivity contribution in [2.75, 3.05) is 12.8 Å². The number of halogens is 1. The SMILES string of the molecule is COC(=O)C[C@H](N)c1c(Br)ccc(N)c1O. The number of methoxy groups -OCH3 is 1. The Bertz CT molecular complexity index is 409. The minimum absolute atomic E-state index is 0.0217. The number of hydrogen-bond acceptors (Lipinski definition) is 5. The van der Waals surface area contributed by atoms with Gasteiger partial charge in [-0.3, -0.25) is 4.79 Å². The lowest BCUT2D eigenvalue weighted by Gasteiger charge is -2.15. The van der Waals surface area contributed by atoms with Crippen LogP contribution >= 0.6 is 15.9 Å². The first-order chi connectivity index (χ1) is 7.47. The molecule has 0 saturated carbocycles. The molecule has 1 atom stereocenters. The van der Waals surface area contributed by atoms with Crippen LogP contribution in [0, 0.1) is 0 Å². The van der Waals surface area contributed by atoms with E-state index in [1.807, 2.05) is 0 Å². The van der Waals surface area contributed by atoms with Crippen molar-refractivity contribution >= 4 is 27.6 Å². The molecular weight excluding hydrogens is 276 g/mol. The van der Waals surface area contributed by atoms with Gasteiger partial charge < -0.3 is 21.3 Å². The van der Waals surface area contributed by atoms with Crippen LogP contribution in [0.15, 0.2) is 16.6 Å². The average Bonchev–Trinajstić information content (AvgIpc) is 2.24. The highest BCUT2D eigenvalue weighted by atomic mass is 79.9. The maximum Gasteiger partial charge on any atom is 0.307 e. The summed E-state index contributed by atoms with van der Waals surface area (Å²) in [5.74, 6) is -0.549. The van der Waals surface area contributed by atoms with E-state index in [9.17, 15) is 9.90 Å². The highest BCUT2D eigenvalue weighted by Crippen LogP contribution is 2.36. The molecule has 0 fully saturated rings. The van der Waals surface area contributed by atoms with Gasteiger partial charge in [-0.05, 0) is 12.1 Å². The van der Waals surface area contributed by atoms with Crippen LogP contribution in [0.5, 0.6) is 5.75 Å². The van der Waals surface area contributed by atoms with Crippen LogP contribution in [0.2, 0.25) is 0 Å². The Labute approximate surface area is 102 Å². The fourth-order valence-electron chi connectivity index (χ4n) is 1.32. The van der Waals surface area contributed by atoms with E-state index in [0.29, 0.717) is 10.0 Å². The van der Waals surface area contributed by atoms with Crippen molar-refractivity contribution in [1.29, 1.82) is 0 Å². The topological polar surface area (TPSA) is 98.6 Å². The molecule has 88 valence electrons. The van der Waals surface area contributed by atoms with Gasteiger partial charge in [0.2, 0.25) is 0 Å². The molecule has 0 amide bonds. The maximum atomic E-state index is 11.1. The predicted molar refractivity (Wildman–Crippen MR) is 63.8 cm³/mol. The molecule has 0 aliphatic rings. The second kappa shape index (κ2) is 5.18. The van der Waals surface area contributed by atoms with E-state index in [4.69, 9.17) is 11.5 Å². The van der Waals surface area contributed by atoms with E-state index in [2.05, 4.69) is 20.7 Å². The number of aromatic hydroxyl groups is 1. The van der Waals surface area contributed by atoms with Crippen molar-refractivity contribution in [3.8, 4) is 5.75 Å². The summed E-state index contributed by atoms with van der Waals surface area (Å²) in [7, 11) is 1.28. The molecule has 5 nitrogen and oxygen atoms in total. The average molecular weight is 289 g/mol. The van der Waals surface area contributed by atoms with E-state index < -0.39 is 12.0 Å². The largest absolute Gasteiger partial charge is 0.505 e. The van der Waals surface area contributed by atoms with E-state index in [-0.39, 0.29) is 17.9 Å². The zero-order chi connectivity index (χ0) is 12.3. The zero-order valence-corrected chi connectivity index (χ0v) is 10.3. The summed E-state index contributed by atoms with van der Waals surface area (Å²) in [6, 6.07) is 2.56. The molecule has 1 aromatic carbocycles. The predicted octanol–water partition coefficient (Wildman–Crippen LogP) is 1.30. The normalized spacial score (nSPS) is 12.2. The second-order valence-electron chi connectivity index (χ2n) is 3.29. The van der Waals surface area contributed by atoms with Gasteiger partial charge in [-0.25, -0.2) is 0 Å². The summed E-state index contributed by atoms with van der Waals surface area (Å²) in [5.41, 5.74) is 12.0. The summed E-state index contributed by atoms with van der Waals surface area (Å²) in [4.78, 5) is 11.1. The number of carbonyl (C=O) groups is 1. The second-order valence-corrected chi connectivity index (χ2v) is 4.14. The van der Waals surface area contributed by atoms with Gasteiger partial charge in [-0.2, -0.15) is 0 Å². The molecule has 0 bridgehead atoms. The van der Waals surface area contributed by atoms with Gasteiger partial charge >= 0.3 is 5.97 Å². The fraction of sp³-hybridized carbons (Fsp3) is 0.300. The van der Waals surface area contributed by atoms with Crippen molar-refractivity contribution in [3.05, 3.63) is 22.2 Å². The molecule has 0 aliphatic carbocycles. The number of nitrogen functional groups attached to an aromatic ring is 1. The van der Waals surface area contributed by atoms with Crippen molar-refractivity contribution in [1.82, 2.24) is 0 Å². The number of hydrogen-bond donors (Lipinski definition) is 3. The van der Waals surface area contributed by atoms with Crippen LogP contribution in [0.4, 0.5) is 5.69 Å². The summed E-state index contributed by atoms with van der Waals surface area (Å²) in [6.07, 6.45) is -0.0217. The maximum absolute atomic E-state index is 11.1. The van der Waals surface area contributed by atoms with Crippen molar-refractivity contribution in [2.24, 2.45) is 5.73 Å². The number of anilines is 1. The molecule has 0 heterocycles. The van der Waals surface area contributed by atoms with Crippen LogP contribution in [0.25, 0.3) is 0 Å². The molecule has 16 heavy (non-hydrogen) atoms. The van der Waals surface area contributed by atoms with E-state index in [0.717, 1.165) is 0 Å². The number of ether oxygens (including phenoxy) is 1. The van der Waals surface area contributed by atoms with Gasteiger partial charge in [0.1, 0.15) is 5.75 Å². The van der Waals surface area contributed by atoms with Crippen LogP contribution < -0.4 is 11.5 Å². The molecule has 6 heteroatoms. The van der Waals surface area contributed by atoms with Crippen LogP contribution in [-0.2, 0) is 9.53 Å². The first kappa shape index (κ1) is 12.8. The van der Waals surface area contributed by atoms with E-state index in [1.165, 1.54) is 7.11 Å². The Balaban J connectivity index is 3.03. The first-order valence-corrected chi connectivity index (χ1v) is 5.36. The highest BCUT2D eigenvalue weighted by molar-refractivity contribution is 9.10. The lowest BCUT2D eigenvalue weighted by atomic mass is 10.0. The molecule has 1 aromatic rings. The van der Waals surface area contributed by atoms with Crippen molar-refractivity contribution < 1.29 is 14.6 Å². The monoisotopic (exact) mass is 288 g/mol. The molecule has 0 spiro atoms. The third-order valence-electron chi connectivity index (χ3n) is 2.18. The van der Waals surface area contributed by atoms with Crippen LogP contribution in [0.1, 0.15) is 18.0 Å². The third-order valence-corrected chi connectivity index (χ3v) is 2.87. The Morgan fingerprint density at radius 2 is 2.25 bits per heavy atom. The number of benzene rings is 1. The number of carbonyl (C=O) groups excluding carboxylic acids is 1. The molecule has 5 N–H and O–H groups in total. The summed E-state index contributed by atoms with van der Waals surface area (Å²) < 4.78 is 5.11. The number of nitrogens with two attached hydrogens (primary N) is 2. The Morgan fingerprint density at radius 3 is 2.81 bits per heavy atom. The van der Waals surface area contributed by atoms with Crippen LogP contribution in [-0.4, -0.2) is 18.2 Å². The van der Waals surface area contributed by atoms with Gasteiger partial charge in [0.15, 0.2) is 0 Å². The minimum atomic E-state index is -0.662. The summed E-state index contributed by atoms with van der Waals surface area (Å²) >= 11 is 3.25. The standard InChI is InChI=1S/C10H13BrN2O3/c1-16-8(14)4-7(13)9-5(11)2-3-6(12)10(9)15/h2-3,7,15H,4,12-13H2,1H3/t7-/m0/s1. The Morgan fingerprint density at radius 1 is 1.62 bits per heavy atom. The smallest absolute Gasteiger partial charge is 0.307 e. The summed E-state index contributed by atoms with van der Waals surface area (Å²) in [6.45, 7) is 0. The van der Waals surface area contributed by atoms with Gasteiger partial charge in [-0.15, -0.1) is 0 Å². The number of phenolic OH excluding ortho intramolecular Hbond substituents is 1. The molecule has 0 unspecified atom stereocenters. The fourth-order valence-corrected chi connectivity index (χ4v) is 1.93. The van der Waals surface area contributed by atoms with Crippen molar-refractivity contribution in [2.45, 2.75) is 12.5 Å². The molecule has 1 rings (SSSR count). The molecular formula is C10H13BrN2O3. The number of phenols is 1. The van der Waals surface area contributed by atoms with Gasteiger partial charge in [0, 0.05) is 16.1 Å². The molecule has 0 aromatic heterocycles. The molecule has 0 radical (unpaired) electrons. The highest BCUT2D eigenvalue weighted by Gasteiger charge is 2.19.